The van der Waals surface area contributed by atoms with E-state index in [1.165, 1.54) is 5.56 Å². The van der Waals surface area contributed by atoms with Crippen LogP contribution in [0.15, 0.2) is 48.5 Å². The maximum absolute atomic E-state index is 8.89. The van der Waals surface area contributed by atoms with Gasteiger partial charge in [0.25, 0.3) is 0 Å². The molecule has 0 aromatic heterocycles. The van der Waals surface area contributed by atoms with Gasteiger partial charge in [-0.2, -0.15) is 5.26 Å². The van der Waals surface area contributed by atoms with Gasteiger partial charge in [0, 0.05) is 12.6 Å². The quantitative estimate of drug-likeness (QED) is 0.902. The molecule has 3 nitrogen and oxygen atoms in total. The van der Waals surface area contributed by atoms with Crippen LogP contribution in [0.5, 0.6) is 5.75 Å². The van der Waals surface area contributed by atoms with Crippen molar-refractivity contribution in [2.45, 2.75) is 19.5 Å². The summed E-state index contributed by atoms with van der Waals surface area (Å²) in [6, 6.07) is 18.1. The van der Waals surface area contributed by atoms with Gasteiger partial charge in [-0.05, 0) is 42.3 Å². The van der Waals surface area contributed by atoms with Crippen LogP contribution in [0.3, 0.4) is 0 Å². The van der Waals surface area contributed by atoms with Crippen LogP contribution in [-0.2, 0) is 6.54 Å². The molecule has 0 bridgehead atoms. The van der Waals surface area contributed by atoms with E-state index < -0.39 is 0 Å². The number of nitriles is 1. The Bertz CT molecular complexity index is 616. The first-order chi connectivity index (χ1) is 9.72. The van der Waals surface area contributed by atoms with Gasteiger partial charge in [-0.25, -0.2) is 0 Å². The molecule has 0 unspecified atom stereocenters. The third-order valence-electron chi connectivity index (χ3n) is 3.26. The fourth-order valence-electron chi connectivity index (χ4n) is 2.05. The molecule has 0 saturated heterocycles. The minimum Gasteiger partial charge on any atom is -0.497 e. The van der Waals surface area contributed by atoms with Gasteiger partial charge in [0.05, 0.1) is 18.7 Å². The second-order valence-electron chi connectivity index (χ2n) is 4.69. The second kappa shape index (κ2) is 6.74. The zero-order chi connectivity index (χ0) is 14.4. The van der Waals surface area contributed by atoms with Gasteiger partial charge in [0.2, 0.25) is 0 Å². The van der Waals surface area contributed by atoms with E-state index in [2.05, 4.69) is 24.4 Å². The number of ether oxygens (including phenoxy) is 1. The van der Waals surface area contributed by atoms with Crippen LogP contribution in [0.2, 0.25) is 0 Å². The van der Waals surface area contributed by atoms with Crippen molar-refractivity contribution >= 4 is 0 Å². The van der Waals surface area contributed by atoms with Crippen molar-refractivity contribution in [3.05, 3.63) is 65.2 Å². The first kappa shape index (κ1) is 14.1. The molecular formula is C17H18N2O. The molecule has 0 spiro atoms. The van der Waals surface area contributed by atoms with Crippen LogP contribution in [0.25, 0.3) is 0 Å². The Morgan fingerprint density at radius 2 is 2.00 bits per heavy atom. The lowest BCUT2D eigenvalue weighted by Crippen LogP contribution is -2.18. The van der Waals surface area contributed by atoms with E-state index in [9.17, 15) is 0 Å². The number of benzene rings is 2. The van der Waals surface area contributed by atoms with Crippen LogP contribution < -0.4 is 10.1 Å². The molecule has 0 fully saturated rings. The molecule has 0 aliphatic rings. The molecule has 2 aromatic rings. The van der Waals surface area contributed by atoms with E-state index in [0.717, 1.165) is 17.9 Å². The summed E-state index contributed by atoms with van der Waals surface area (Å²) in [6.07, 6.45) is 0. The van der Waals surface area contributed by atoms with Crippen molar-refractivity contribution in [2.24, 2.45) is 0 Å². The highest BCUT2D eigenvalue weighted by Gasteiger charge is 2.06. The molecular weight excluding hydrogens is 248 g/mol. The molecule has 2 aromatic carbocycles. The van der Waals surface area contributed by atoms with E-state index in [4.69, 9.17) is 10.00 Å². The highest BCUT2D eigenvalue weighted by Crippen LogP contribution is 2.19. The van der Waals surface area contributed by atoms with Crippen molar-refractivity contribution in [1.82, 2.24) is 5.32 Å². The molecule has 1 N–H and O–H groups in total. The van der Waals surface area contributed by atoms with Crippen molar-refractivity contribution in [2.75, 3.05) is 7.11 Å². The van der Waals surface area contributed by atoms with Crippen LogP contribution in [0.1, 0.15) is 29.7 Å². The number of hydrogen-bond acceptors (Lipinski definition) is 3. The monoisotopic (exact) mass is 266 g/mol. The first-order valence-corrected chi connectivity index (χ1v) is 6.59. The number of methoxy groups -OCH3 is 1. The first-order valence-electron chi connectivity index (χ1n) is 6.59. The summed E-state index contributed by atoms with van der Waals surface area (Å²) >= 11 is 0. The maximum atomic E-state index is 8.89. The van der Waals surface area contributed by atoms with Crippen molar-refractivity contribution < 1.29 is 4.74 Å². The van der Waals surface area contributed by atoms with E-state index in [1.54, 1.807) is 7.11 Å². The fraction of sp³-hybridized carbons (Fsp3) is 0.235. The highest BCUT2D eigenvalue weighted by molar-refractivity contribution is 5.33. The number of hydrogen-bond donors (Lipinski definition) is 1. The fourth-order valence-corrected chi connectivity index (χ4v) is 2.05. The second-order valence-corrected chi connectivity index (χ2v) is 4.69. The van der Waals surface area contributed by atoms with Crippen molar-refractivity contribution in [3.63, 3.8) is 0 Å². The van der Waals surface area contributed by atoms with Gasteiger partial charge in [-0.1, -0.05) is 24.3 Å². The minimum absolute atomic E-state index is 0.218. The van der Waals surface area contributed by atoms with Gasteiger partial charge in [0.1, 0.15) is 5.75 Å². The molecule has 0 heterocycles. The standard InChI is InChI=1S/C17H18N2O/c1-13(16-7-4-8-17(10-16)20-2)19-12-15-6-3-5-14(9-15)11-18/h3-10,13,19H,12H2,1-2H3/t13-/m1/s1. The topological polar surface area (TPSA) is 45.0 Å². The zero-order valence-corrected chi connectivity index (χ0v) is 11.8. The molecule has 1 atom stereocenters. The molecule has 102 valence electrons. The number of nitrogens with one attached hydrogen (secondary N) is 1. The lowest BCUT2D eigenvalue weighted by molar-refractivity contribution is 0.413. The van der Waals surface area contributed by atoms with Gasteiger partial charge in [-0.15, -0.1) is 0 Å². The Balaban J connectivity index is 2.00. The summed E-state index contributed by atoms with van der Waals surface area (Å²) in [4.78, 5) is 0. The van der Waals surface area contributed by atoms with Crippen LogP contribution in [0, 0.1) is 11.3 Å². The molecule has 3 heteroatoms. The van der Waals surface area contributed by atoms with Gasteiger partial charge >= 0.3 is 0 Å². The molecule has 0 radical (unpaired) electrons. The highest BCUT2D eigenvalue weighted by atomic mass is 16.5. The lowest BCUT2D eigenvalue weighted by atomic mass is 10.1. The van der Waals surface area contributed by atoms with E-state index in [-0.39, 0.29) is 6.04 Å². The third kappa shape index (κ3) is 3.59. The van der Waals surface area contributed by atoms with Crippen LogP contribution in [0.4, 0.5) is 0 Å². The smallest absolute Gasteiger partial charge is 0.119 e. The van der Waals surface area contributed by atoms with E-state index >= 15 is 0 Å². The predicted octanol–water partition coefficient (Wildman–Crippen LogP) is 3.42. The Hall–Kier alpha value is -2.31. The number of rotatable bonds is 5. The average Bonchev–Trinajstić information content (AvgIpc) is 2.52. The van der Waals surface area contributed by atoms with E-state index in [0.29, 0.717) is 5.56 Å². The van der Waals surface area contributed by atoms with Gasteiger partial charge in [0.15, 0.2) is 0 Å². The minimum atomic E-state index is 0.218. The Morgan fingerprint density at radius 3 is 2.75 bits per heavy atom. The Labute approximate surface area is 119 Å². The average molecular weight is 266 g/mol. The molecule has 0 saturated carbocycles. The molecule has 2 rings (SSSR count). The SMILES string of the molecule is COc1cccc([C@@H](C)NCc2cccc(C#N)c2)c1. The normalized spacial score (nSPS) is 11.7. The molecule has 0 aliphatic heterocycles. The third-order valence-corrected chi connectivity index (χ3v) is 3.26. The van der Waals surface area contributed by atoms with Crippen molar-refractivity contribution in [3.8, 4) is 11.8 Å². The predicted molar refractivity (Wildman–Crippen MR) is 79.4 cm³/mol. The van der Waals surface area contributed by atoms with E-state index in [1.807, 2.05) is 42.5 Å². The summed E-state index contributed by atoms with van der Waals surface area (Å²) in [5, 5.41) is 12.3. The lowest BCUT2D eigenvalue weighted by Gasteiger charge is -2.15. The van der Waals surface area contributed by atoms with Crippen LogP contribution in [-0.4, -0.2) is 7.11 Å². The summed E-state index contributed by atoms with van der Waals surface area (Å²) in [5.41, 5.74) is 2.98. The molecule has 20 heavy (non-hydrogen) atoms. The maximum Gasteiger partial charge on any atom is 0.119 e. The summed E-state index contributed by atoms with van der Waals surface area (Å²) in [7, 11) is 1.67. The summed E-state index contributed by atoms with van der Waals surface area (Å²) in [5.74, 6) is 0.864. The Kier molecular flexibility index (Phi) is 4.75. The number of nitrogens with zero attached hydrogens (tertiary/aromatic N) is 1. The molecule has 0 amide bonds. The van der Waals surface area contributed by atoms with Crippen LogP contribution >= 0.6 is 0 Å². The zero-order valence-electron chi connectivity index (χ0n) is 11.8. The molecule has 0 aliphatic carbocycles. The largest absolute Gasteiger partial charge is 0.497 e. The Morgan fingerprint density at radius 1 is 1.20 bits per heavy atom. The van der Waals surface area contributed by atoms with Gasteiger partial charge < -0.3 is 10.1 Å². The summed E-state index contributed by atoms with van der Waals surface area (Å²) < 4.78 is 5.23. The van der Waals surface area contributed by atoms with Gasteiger partial charge in [-0.3, -0.25) is 0 Å². The van der Waals surface area contributed by atoms with Crippen molar-refractivity contribution in [1.29, 1.82) is 5.26 Å². The summed E-state index contributed by atoms with van der Waals surface area (Å²) in [6.45, 7) is 2.84.